The van der Waals surface area contributed by atoms with Crippen LogP contribution in [0.4, 0.5) is 0 Å². The van der Waals surface area contributed by atoms with Crippen LogP contribution in [0, 0.1) is 0 Å². The van der Waals surface area contributed by atoms with Crippen molar-refractivity contribution in [3.05, 3.63) is 59.7 Å². The molecule has 2 aromatic rings. The Labute approximate surface area is 163 Å². The summed E-state index contributed by atoms with van der Waals surface area (Å²) in [5, 5.41) is 3.80. The first kappa shape index (κ1) is 19.7. The summed E-state index contributed by atoms with van der Waals surface area (Å²) in [6, 6.07) is 17.8. The second-order valence-corrected chi connectivity index (χ2v) is 7.35. The van der Waals surface area contributed by atoms with Crippen molar-refractivity contribution in [1.29, 1.82) is 0 Å². The van der Waals surface area contributed by atoms with Gasteiger partial charge in [0.1, 0.15) is 0 Å². The predicted molar refractivity (Wildman–Crippen MR) is 111 cm³/mol. The summed E-state index contributed by atoms with van der Waals surface area (Å²) in [7, 11) is 3.36. The predicted octanol–water partition coefficient (Wildman–Crippen LogP) is 4.06. The molecule has 146 valence electrons. The molecule has 4 nitrogen and oxygen atoms in total. The van der Waals surface area contributed by atoms with Crippen molar-refractivity contribution >= 4 is 0 Å². The van der Waals surface area contributed by atoms with E-state index < -0.39 is 0 Å². The lowest BCUT2D eigenvalue weighted by Crippen LogP contribution is -2.43. The van der Waals surface area contributed by atoms with Gasteiger partial charge in [-0.1, -0.05) is 36.4 Å². The van der Waals surface area contributed by atoms with Crippen molar-refractivity contribution < 1.29 is 9.47 Å². The monoisotopic (exact) mass is 368 g/mol. The minimum atomic E-state index is 0.297. The zero-order valence-electron chi connectivity index (χ0n) is 16.8. The molecule has 1 heterocycles. The van der Waals surface area contributed by atoms with Gasteiger partial charge in [0.25, 0.3) is 0 Å². The Morgan fingerprint density at radius 1 is 1.00 bits per heavy atom. The molecule has 0 radical (unpaired) electrons. The molecule has 0 spiro atoms. The Morgan fingerprint density at radius 3 is 2.37 bits per heavy atom. The molecule has 1 aliphatic heterocycles. The van der Waals surface area contributed by atoms with Crippen LogP contribution in [-0.2, 0) is 6.42 Å². The van der Waals surface area contributed by atoms with E-state index in [0.29, 0.717) is 12.1 Å². The van der Waals surface area contributed by atoms with Gasteiger partial charge in [0.15, 0.2) is 11.5 Å². The van der Waals surface area contributed by atoms with E-state index >= 15 is 0 Å². The van der Waals surface area contributed by atoms with Gasteiger partial charge in [-0.3, -0.25) is 0 Å². The van der Waals surface area contributed by atoms with E-state index in [-0.39, 0.29) is 0 Å². The van der Waals surface area contributed by atoms with E-state index in [1.807, 2.05) is 6.07 Å². The van der Waals surface area contributed by atoms with Crippen LogP contribution in [0.25, 0.3) is 0 Å². The van der Waals surface area contributed by atoms with Crippen LogP contribution in [0.1, 0.15) is 36.9 Å². The van der Waals surface area contributed by atoms with E-state index in [1.54, 1.807) is 14.2 Å². The number of nitrogens with zero attached hydrogens (tertiary/aromatic N) is 1. The molecule has 0 saturated carbocycles. The molecule has 0 amide bonds. The molecule has 1 unspecified atom stereocenters. The van der Waals surface area contributed by atoms with Gasteiger partial charge in [-0.2, -0.15) is 0 Å². The van der Waals surface area contributed by atoms with Crippen LogP contribution in [0.3, 0.4) is 0 Å². The molecule has 2 aromatic carbocycles. The number of ether oxygens (including phenoxy) is 2. The topological polar surface area (TPSA) is 33.7 Å². The SMILES string of the molecule is COc1ccc(C(C)NC2CCN(CCc3ccccc3)CC2)cc1OC. The molecule has 0 bridgehead atoms. The lowest BCUT2D eigenvalue weighted by molar-refractivity contribution is 0.194. The first-order chi connectivity index (χ1) is 13.2. The number of methoxy groups -OCH3 is 2. The normalized spacial score (nSPS) is 16.9. The van der Waals surface area contributed by atoms with Gasteiger partial charge in [-0.25, -0.2) is 0 Å². The standard InChI is InChI=1S/C23H32N2O2/c1-18(20-9-10-22(26-2)23(17-20)27-3)24-21-12-15-25(16-13-21)14-11-19-7-5-4-6-8-19/h4-10,17-18,21,24H,11-16H2,1-3H3. The summed E-state index contributed by atoms with van der Waals surface area (Å²) in [5.74, 6) is 1.57. The molecule has 4 heteroatoms. The molecule has 0 aromatic heterocycles. The lowest BCUT2D eigenvalue weighted by Gasteiger charge is -2.34. The van der Waals surface area contributed by atoms with E-state index in [2.05, 4.69) is 59.6 Å². The summed E-state index contributed by atoms with van der Waals surface area (Å²) in [5.41, 5.74) is 2.67. The first-order valence-corrected chi connectivity index (χ1v) is 9.94. The number of rotatable bonds is 8. The first-order valence-electron chi connectivity index (χ1n) is 9.94. The largest absolute Gasteiger partial charge is 0.493 e. The van der Waals surface area contributed by atoms with Crippen LogP contribution in [-0.4, -0.2) is 44.8 Å². The third-order valence-electron chi connectivity index (χ3n) is 5.54. The summed E-state index contributed by atoms with van der Waals surface area (Å²) in [6.07, 6.45) is 3.54. The van der Waals surface area contributed by atoms with Crippen LogP contribution in [0.5, 0.6) is 11.5 Å². The molecule has 1 N–H and O–H groups in total. The summed E-state index contributed by atoms with van der Waals surface area (Å²) in [6.45, 7) is 5.72. The molecule has 27 heavy (non-hydrogen) atoms. The van der Waals surface area contributed by atoms with Gasteiger partial charge in [-0.15, -0.1) is 0 Å². The highest BCUT2D eigenvalue weighted by molar-refractivity contribution is 5.43. The minimum Gasteiger partial charge on any atom is -0.493 e. The van der Waals surface area contributed by atoms with Crippen molar-refractivity contribution in [2.45, 2.75) is 38.3 Å². The molecular formula is C23H32N2O2. The van der Waals surface area contributed by atoms with E-state index in [0.717, 1.165) is 24.5 Å². The Bertz CT molecular complexity index is 697. The van der Waals surface area contributed by atoms with Crippen molar-refractivity contribution in [3.8, 4) is 11.5 Å². The van der Waals surface area contributed by atoms with E-state index in [4.69, 9.17) is 9.47 Å². The molecule has 1 saturated heterocycles. The number of nitrogens with one attached hydrogen (secondary N) is 1. The minimum absolute atomic E-state index is 0.297. The van der Waals surface area contributed by atoms with Gasteiger partial charge in [-0.05, 0) is 62.5 Å². The highest BCUT2D eigenvalue weighted by Gasteiger charge is 2.21. The van der Waals surface area contributed by atoms with Crippen molar-refractivity contribution in [1.82, 2.24) is 10.2 Å². The fourth-order valence-electron chi connectivity index (χ4n) is 3.83. The van der Waals surface area contributed by atoms with Gasteiger partial charge in [0.2, 0.25) is 0 Å². The highest BCUT2D eigenvalue weighted by atomic mass is 16.5. The molecule has 1 atom stereocenters. The molecule has 0 aliphatic carbocycles. The third kappa shape index (κ3) is 5.47. The Kier molecular flexibility index (Phi) is 7.13. The zero-order chi connectivity index (χ0) is 19.1. The molecular weight excluding hydrogens is 336 g/mol. The van der Waals surface area contributed by atoms with Gasteiger partial charge in [0.05, 0.1) is 14.2 Å². The van der Waals surface area contributed by atoms with E-state index in [1.165, 1.54) is 37.1 Å². The Balaban J connectivity index is 1.46. The number of likely N-dealkylation sites (tertiary alicyclic amines) is 1. The van der Waals surface area contributed by atoms with Gasteiger partial charge in [0, 0.05) is 18.6 Å². The third-order valence-corrected chi connectivity index (χ3v) is 5.54. The Morgan fingerprint density at radius 2 is 1.70 bits per heavy atom. The number of benzene rings is 2. The van der Waals surface area contributed by atoms with E-state index in [9.17, 15) is 0 Å². The average Bonchev–Trinajstić information content (AvgIpc) is 2.73. The number of hydrogen-bond donors (Lipinski definition) is 1. The average molecular weight is 369 g/mol. The molecule has 1 aliphatic rings. The number of hydrogen-bond acceptors (Lipinski definition) is 4. The summed E-state index contributed by atoms with van der Waals surface area (Å²) < 4.78 is 10.8. The second kappa shape index (κ2) is 9.77. The lowest BCUT2D eigenvalue weighted by atomic mass is 10.0. The van der Waals surface area contributed by atoms with Gasteiger partial charge < -0.3 is 19.7 Å². The van der Waals surface area contributed by atoms with Crippen LogP contribution in [0.15, 0.2) is 48.5 Å². The van der Waals surface area contributed by atoms with Crippen LogP contribution >= 0.6 is 0 Å². The highest BCUT2D eigenvalue weighted by Crippen LogP contribution is 2.30. The molecule has 3 rings (SSSR count). The maximum Gasteiger partial charge on any atom is 0.161 e. The zero-order valence-corrected chi connectivity index (χ0v) is 16.8. The smallest absolute Gasteiger partial charge is 0.161 e. The fourth-order valence-corrected chi connectivity index (χ4v) is 3.83. The van der Waals surface area contributed by atoms with Gasteiger partial charge >= 0.3 is 0 Å². The summed E-state index contributed by atoms with van der Waals surface area (Å²) >= 11 is 0. The van der Waals surface area contributed by atoms with Crippen molar-refractivity contribution in [2.24, 2.45) is 0 Å². The Hall–Kier alpha value is -2.04. The number of piperidine rings is 1. The summed E-state index contributed by atoms with van der Waals surface area (Å²) in [4.78, 5) is 2.59. The van der Waals surface area contributed by atoms with Crippen molar-refractivity contribution in [3.63, 3.8) is 0 Å². The van der Waals surface area contributed by atoms with Crippen LogP contribution in [0.2, 0.25) is 0 Å². The molecule has 1 fully saturated rings. The van der Waals surface area contributed by atoms with Crippen LogP contribution < -0.4 is 14.8 Å². The maximum atomic E-state index is 5.44. The maximum absolute atomic E-state index is 5.44. The quantitative estimate of drug-likeness (QED) is 0.762. The second-order valence-electron chi connectivity index (χ2n) is 7.35. The van der Waals surface area contributed by atoms with Crippen molar-refractivity contribution in [2.75, 3.05) is 33.9 Å². The fraction of sp³-hybridized carbons (Fsp3) is 0.478.